The highest BCUT2D eigenvalue weighted by molar-refractivity contribution is 5.79. The summed E-state index contributed by atoms with van der Waals surface area (Å²) >= 11 is 0. The summed E-state index contributed by atoms with van der Waals surface area (Å²) in [4.78, 5) is 23.9. The van der Waals surface area contributed by atoms with Crippen LogP contribution >= 0.6 is 0 Å². The minimum Gasteiger partial charge on any atom is -0.420 e. The maximum Gasteiger partial charge on any atom is 0.379 e. The van der Waals surface area contributed by atoms with E-state index in [0.717, 1.165) is 31.1 Å². The Bertz CT molecular complexity index is 1010. The monoisotopic (exact) mass is 448 g/mol. The first kappa shape index (κ1) is 26.1. The molecule has 0 N–H and O–H groups in total. The number of rotatable bonds is 15. The van der Waals surface area contributed by atoms with Crippen LogP contribution in [0.25, 0.3) is 11.0 Å². The van der Waals surface area contributed by atoms with Gasteiger partial charge in [0, 0.05) is 11.8 Å². The van der Waals surface area contributed by atoms with Crippen LogP contribution in [0.15, 0.2) is 88.2 Å². The molecule has 4 heteroatoms. The van der Waals surface area contributed by atoms with E-state index >= 15 is 0 Å². The normalized spacial score (nSPS) is 12.2. The highest BCUT2D eigenvalue weighted by Crippen LogP contribution is 2.17. The Morgan fingerprint density at radius 3 is 2.12 bits per heavy atom. The summed E-state index contributed by atoms with van der Waals surface area (Å²) in [5.74, 6) is -0.482. The molecule has 0 spiro atoms. The summed E-state index contributed by atoms with van der Waals surface area (Å²) in [6.07, 6.45) is 27.0. The lowest BCUT2D eigenvalue weighted by Crippen LogP contribution is -2.13. The van der Waals surface area contributed by atoms with Crippen LogP contribution in [0.3, 0.4) is 0 Å². The smallest absolute Gasteiger partial charge is 0.379 e. The fourth-order valence-electron chi connectivity index (χ4n) is 3.21. The van der Waals surface area contributed by atoms with E-state index in [1.165, 1.54) is 25.7 Å². The maximum absolute atomic E-state index is 12.0. The van der Waals surface area contributed by atoms with E-state index in [9.17, 15) is 9.59 Å². The SMILES string of the molecule is CCCCC/C=C\C/C=C\C/C=C\C/C=C\CCCC(=O)Oc1cc2ccccc2oc1=O. The number of fused-ring (bicyclic) bond motifs is 1. The van der Waals surface area contributed by atoms with Crippen LogP contribution in [0.1, 0.15) is 71.1 Å². The van der Waals surface area contributed by atoms with Gasteiger partial charge in [-0.1, -0.05) is 86.6 Å². The summed E-state index contributed by atoms with van der Waals surface area (Å²) in [6, 6.07) is 8.68. The number of carbonyl (C=O) groups is 1. The number of hydrogen-bond acceptors (Lipinski definition) is 4. The Hall–Kier alpha value is -3.14. The highest BCUT2D eigenvalue weighted by atomic mass is 16.5. The first-order chi connectivity index (χ1) is 16.2. The molecule has 0 saturated carbocycles. The fourth-order valence-corrected chi connectivity index (χ4v) is 3.21. The molecular weight excluding hydrogens is 412 g/mol. The Labute approximate surface area is 197 Å². The number of esters is 1. The minimum absolute atomic E-state index is 0.0589. The molecule has 2 rings (SSSR count). The summed E-state index contributed by atoms with van der Waals surface area (Å²) < 4.78 is 10.4. The topological polar surface area (TPSA) is 56.5 Å². The Balaban J connectivity index is 1.54. The third-order valence-corrected chi connectivity index (χ3v) is 5.04. The van der Waals surface area contributed by atoms with Crippen LogP contribution in [0.5, 0.6) is 5.75 Å². The lowest BCUT2D eigenvalue weighted by atomic mass is 10.2. The molecule has 0 amide bonds. The fraction of sp³-hybridized carbons (Fsp3) is 0.379. The zero-order chi connectivity index (χ0) is 23.6. The molecule has 4 nitrogen and oxygen atoms in total. The van der Waals surface area contributed by atoms with Gasteiger partial charge in [-0.3, -0.25) is 4.79 Å². The van der Waals surface area contributed by atoms with Crippen molar-refractivity contribution in [3.05, 3.63) is 89.4 Å². The Kier molecular flexibility index (Phi) is 13.0. The largest absolute Gasteiger partial charge is 0.420 e. The molecule has 1 heterocycles. The molecule has 33 heavy (non-hydrogen) atoms. The lowest BCUT2D eigenvalue weighted by molar-refractivity contribution is -0.134. The second-order valence-electron chi connectivity index (χ2n) is 7.89. The average molecular weight is 449 g/mol. The molecule has 1 aromatic carbocycles. The van der Waals surface area contributed by atoms with Gasteiger partial charge >= 0.3 is 11.6 Å². The van der Waals surface area contributed by atoms with Gasteiger partial charge in [0.2, 0.25) is 5.75 Å². The molecule has 0 aliphatic rings. The Morgan fingerprint density at radius 2 is 1.45 bits per heavy atom. The molecule has 1 aromatic heterocycles. The van der Waals surface area contributed by atoms with Gasteiger partial charge in [-0.05, 0) is 57.1 Å². The molecule has 0 atom stereocenters. The van der Waals surface area contributed by atoms with Gasteiger partial charge in [0.1, 0.15) is 5.58 Å². The molecule has 0 bridgehead atoms. The van der Waals surface area contributed by atoms with Crippen LogP contribution in [-0.4, -0.2) is 5.97 Å². The molecule has 0 radical (unpaired) electrons. The van der Waals surface area contributed by atoms with Crippen molar-refractivity contribution in [1.82, 2.24) is 0 Å². The maximum atomic E-state index is 12.0. The second kappa shape index (κ2) is 16.5. The number of para-hydroxylation sites is 1. The van der Waals surface area contributed by atoms with Crippen LogP contribution in [0.2, 0.25) is 0 Å². The average Bonchev–Trinajstić information content (AvgIpc) is 2.81. The van der Waals surface area contributed by atoms with Crippen molar-refractivity contribution in [2.75, 3.05) is 0 Å². The van der Waals surface area contributed by atoms with E-state index in [2.05, 4.69) is 55.5 Å². The van der Waals surface area contributed by atoms with Crippen molar-refractivity contribution in [3.63, 3.8) is 0 Å². The van der Waals surface area contributed by atoms with Gasteiger partial charge in [0.05, 0.1) is 0 Å². The standard InChI is InChI=1S/C29H36O4/c1-2-3-4-5-6-7-8-9-10-11-12-13-14-15-16-17-18-23-28(30)32-27-24-25-21-19-20-22-26(25)33-29(27)31/h6-7,9-10,12-13,15-16,19-22,24H,2-5,8,11,14,17-18,23H2,1H3/b7-6-,10-9-,13-12-,16-15-. The molecule has 0 aliphatic heterocycles. The number of unbranched alkanes of at least 4 members (excludes halogenated alkanes) is 4. The molecule has 0 fully saturated rings. The number of hydrogen-bond donors (Lipinski definition) is 0. The minimum atomic E-state index is -0.637. The van der Waals surface area contributed by atoms with Crippen molar-refractivity contribution in [1.29, 1.82) is 0 Å². The van der Waals surface area contributed by atoms with Crippen LogP contribution in [0.4, 0.5) is 0 Å². The zero-order valence-electron chi connectivity index (χ0n) is 19.7. The van der Waals surface area contributed by atoms with Crippen molar-refractivity contribution in [3.8, 4) is 5.75 Å². The second-order valence-corrected chi connectivity index (χ2v) is 7.89. The number of carbonyl (C=O) groups excluding carboxylic acids is 1. The van der Waals surface area contributed by atoms with Gasteiger partial charge in [-0.2, -0.15) is 0 Å². The molecule has 0 saturated heterocycles. The Morgan fingerprint density at radius 1 is 0.848 bits per heavy atom. The van der Waals surface area contributed by atoms with E-state index in [1.54, 1.807) is 24.3 Å². The summed E-state index contributed by atoms with van der Waals surface area (Å²) in [5.41, 5.74) is -0.162. The first-order valence-electron chi connectivity index (χ1n) is 12.0. The predicted octanol–water partition coefficient (Wildman–Crippen LogP) is 7.84. The van der Waals surface area contributed by atoms with Gasteiger partial charge in [-0.15, -0.1) is 0 Å². The van der Waals surface area contributed by atoms with E-state index in [0.29, 0.717) is 12.0 Å². The van der Waals surface area contributed by atoms with Gasteiger partial charge < -0.3 is 9.15 Å². The molecule has 2 aromatic rings. The van der Waals surface area contributed by atoms with E-state index in [-0.39, 0.29) is 12.2 Å². The zero-order valence-corrected chi connectivity index (χ0v) is 19.7. The predicted molar refractivity (Wildman–Crippen MR) is 137 cm³/mol. The van der Waals surface area contributed by atoms with Crippen molar-refractivity contribution in [2.45, 2.75) is 71.1 Å². The number of allylic oxidation sites excluding steroid dienone is 8. The third kappa shape index (κ3) is 11.3. The summed E-state index contributed by atoms with van der Waals surface area (Å²) in [7, 11) is 0. The van der Waals surface area contributed by atoms with Crippen molar-refractivity contribution < 1.29 is 13.9 Å². The molecule has 0 aliphatic carbocycles. The number of benzene rings is 1. The van der Waals surface area contributed by atoms with Crippen LogP contribution in [-0.2, 0) is 4.79 Å². The van der Waals surface area contributed by atoms with E-state index in [4.69, 9.17) is 9.15 Å². The quantitative estimate of drug-likeness (QED) is 0.120. The third-order valence-electron chi connectivity index (χ3n) is 5.04. The molecule has 0 unspecified atom stereocenters. The molecule has 176 valence electrons. The molecular formula is C29H36O4. The lowest BCUT2D eigenvalue weighted by Gasteiger charge is -2.03. The van der Waals surface area contributed by atoms with Gasteiger partial charge in [0.25, 0.3) is 0 Å². The summed E-state index contributed by atoms with van der Waals surface area (Å²) in [5, 5.41) is 0.723. The van der Waals surface area contributed by atoms with Crippen molar-refractivity contribution >= 4 is 16.9 Å². The summed E-state index contributed by atoms with van der Waals surface area (Å²) in [6.45, 7) is 2.23. The van der Waals surface area contributed by atoms with Gasteiger partial charge in [-0.25, -0.2) is 4.79 Å². The van der Waals surface area contributed by atoms with E-state index in [1.807, 2.05) is 6.07 Å². The van der Waals surface area contributed by atoms with Crippen LogP contribution in [0, 0.1) is 0 Å². The highest BCUT2D eigenvalue weighted by Gasteiger charge is 2.10. The van der Waals surface area contributed by atoms with Crippen molar-refractivity contribution in [2.24, 2.45) is 0 Å². The first-order valence-corrected chi connectivity index (χ1v) is 12.0. The van der Waals surface area contributed by atoms with Gasteiger partial charge in [0.15, 0.2) is 0 Å². The van der Waals surface area contributed by atoms with Crippen LogP contribution < -0.4 is 10.4 Å². The van der Waals surface area contributed by atoms with E-state index < -0.39 is 11.6 Å². The number of ether oxygens (including phenoxy) is 1.